The molecule has 0 atom stereocenters. The zero-order chi connectivity index (χ0) is 27.8. The van der Waals surface area contributed by atoms with E-state index in [1.165, 1.54) is 24.0 Å². The molecule has 5 rings (SSSR count). The molecule has 0 N–H and O–H groups in total. The number of piperidine rings is 2. The summed E-state index contributed by atoms with van der Waals surface area (Å²) in [5, 5.41) is 0. The van der Waals surface area contributed by atoms with Crippen LogP contribution in [0.25, 0.3) is 0 Å². The molecule has 4 heterocycles. The van der Waals surface area contributed by atoms with Crippen molar-refractivity contribution >= 4 is 11.8 Å². The van der Waals surface area contributed by atoms with Crippen molar-refractivity contribution in [2.45, 2.75) is 71.3 Å². The highest BCUT2D eigenvalue weighted by molar-refractivity contribution is 5.77. The van der Waals surface area contributed by atoms with Crippen molar-refractivity contribution in [2.75, 3.05) is 45.9 Å². The van der Waals surface area contributed by atoms with Gasteiger partial charge in [0.25, 0.3) is 0 Å². The van der Waals surface area contributed by atoms with Gasteiger partial charge in [-0.05, 0) is 79.5 Å². The highest BCUT2D eigenvalue weighted by atomic mass is 16.5. The number of aromatic nitrogens is 1. The van der Waals surface area contributed by atoms with Crippen molar-refractivity contribution in [1.29, 1.82) is 0 Å². The maximum atomic E-state index is 13.3. The summed E-state index contributed by atoms with van der Waals surface area (Å²) >= 11 is 0. The lowest BCUT2D eigenvalue weighted by Gasteiger charge is -2.45. The Hall–Kier alpha value is -2.93. The number of nitrogens with zero attached hydrogens (tertiary/aromatic N) is 4. The van der Waals surface area contributed by atoms with Crippen LogP contribution in [0.2, 0.25) is 0 Å². The number of carbonyl (C=O) groups is 2. The van der Waals surface area contributed by atoms with E-state index in [-0.39, 0.29) is 11.3 Å². The number of carbonyl (C=O) groups excluding carboxylic acids is 2. The fourth-order valence-electron chi connectivity index (χ4n) is 6.94. The number of hydrogen-bond acceptors (Lipinski definition) is 5. The quantitative estimate of drug-likeness (QED) is 0.543. The molecule has 0 aliphatic carbocycles. The van der Waals surface area contributed by atoms with Crippen molar-refractivity contribution in [2.24, 2.45) is 11.3 Å². The Kier molecular flexibility index (Phi) is 9.74. The Balaban J connectivity index is 1.23. The Morgan fingerprint density at radius 3 is 2.50 bits per heavy atom. The number of para-hydroxylation sites is 1. The molecule has 40 heavy (non-hydrogen) atoms. The first-order valence-electron chi connectivity index (χ1n) is 15.3. The summed E-state index contributed by atoms with van der Waals surface area (Å²) in [7, 11) is 0. The van der Waals surface area contributed by atoms with E-state index in [2.05, 4.69) is 45.1 Å². The maximum Gasteiger partial charge on any atom is 0.222 e. The third kappa shape index (κ3) is 7.62. The lowest BCUT2D eigenvalue weighted by Crippen LogP contribution is -2.49. The summed E-state index contributed by atoms with van der Waals surface area (Å²) in [4.78, 5) is 35.9. The molecular weight excluding hydrogens is 500 g/mol. The summed E-state index contributed by atoms with van der Waals surface area (Å²) in [6.45, 7) is 8.35. The van der Waals surface area contributed by atoms with Gasteiger partial charge in [0, 0.05) is 71.6 Å². The van der Waals surface area contributed by atoms with Gasteiger partial charge < -0.3 is 14.5 Å². The van der Waals surface area contributed by atoms with Gasteiger partial charge in [0.2, 0.25) is 11.8 Å². The minimum absolute atomic E-state index is 0.150. The maximum absolute atomic E-state index is 13.3. The van der Waals surface area contributed by atoms with Crippen LogP contribution in [0.4, 0.5) is 0 Å². The van der Waals surface area contributed by atoms with E-state index in [1.807, 2.05) is 23.4 Å². The number of ether oxygens (including phenoxy) is 1. The molecule has 2 saturated heterocycles. The molecule has 2 fully saturated rings. The molecule has 2 amide bonds. The number of fused-ring (bicyclic) bond motifs is 1. The monoisotopic (exact) mass is 546 g/mol. The fraction of sp³-hybridized carbons (Fsp3) is 0.606. The van der Waals surface area contributed by atoms with Crippen molar-refractivity contribution in [3.63, 3.8) is 0 Å². The van der Waals surface area contributed by atoms with Crippen molar-refractivity contribution in [1.82, 2.24) is 19.7 Å². The van der Waals surface area contributed by atoms with Crippen molar-refractivity contribution in [3.05, 3.63) is 59.9 Å². The zero-order valence-electron chi connectivity index (χ0n) is 24.2. The highest BCUT2D eigenvalue weighted by Gasteiger charge is 2.37. The topological polar surface area (TPSA) is 66.0 Å². The van der Waals surface area contributed by atoms with E-state index >= 15 is 0 Å². The molecule has 2 aromatic rings. The van der Waals surface area contributed by atoms with Crippen LogP contribution in [0.15, 0.2) is 48.8 Å². The van der Waals surface area contributed by atoms with Gasteiger partial charge in [-0.3, -0.25) is 19.5 Å². The van der Waals surface area contributed by atoms with E-state index in [1.54, 1.807) is 6.92 Å². The van der Waals surface area contributed by atoms with Crippen LogP contribution in [0.3, 0.4) is 0 Å². The van der Waals surface area contributed by atoms with E-state index in [4.69, 9.17) is 4.74 Å². The molecule has 1 aromatic carbocycles. The second-order valence-electron chi connectivity index (χ2n) is 12.3. The fourth-order valence-corrected chi connectivity index (χ4v) is 6.94. The molecule has 0 radical (unpaired) electrons. The standard InChI is InChI=1S/C33H46N4O3/c1-27(38)36-17-11-28(12-18-36)23-32(39)37-19-14-33(15-20-37)13-5-4-9-30-8-2-3-10-31(30)40-22-21-35(26-33)25-29-7-6-16-34-24-29/h2-3,6-8,10,16,24,28H,4-5,9,11-15,17-23,25-26H2,1H3. The van der Waals surface area contributed by atoms with Gasteiger partial charge in [-0.15, -0.1) is 0 Å². The molecule has 1 aromatic heterocycles. The van der Waals surface area contributed by atoms with Crippen molar-refractivity contribution in [3.8, 4) is 5.75 Å². The molecule has 3 aliphatic rings. The highest BCUT2D eigenvalue weighted by Crippen LogP contribution is 2.39. The van der Waals surface area contributed by atoms with Crippen LogP contribution >= 0.6 is 0 Å². The van der Waals surface area contributed by atoms with Crippen LogP contribution < -0.4 is 4.74 Å². The summed E-state index contributed by atoms with van der Waals surface area (Å²) in [6.07, 6.45) is 13.0. The van der Waals surface area contributed by atoms with Crippen LogP contribution in [0.1, 0.15) is 69.4 Å². The van der Waals surface area contributed by atoms with Crippen molar-refractivity contribution < 1.29 is 14.3 Å². The first-order valence-corrected chi connectivity index (χ1v) is 15.3. The molecule has 3 aliphatic heterocycles. The molecular formula is C33H46N4O3. The largest absolute Gasteiger partial charge is 0.492 e. The molecule has 0 saturated carbocycles. The third-order valence-electron chi connectivity index (χ3n) is 9.43. The molecule has 1 spiro atoms. The predicted molar refractivity (Wildman–Crippen MR) is 157 cm³/mol. The summed E-state index contributed by atoms with van der Waals surface area (Å²) in [5.74, 6) is 1.88. The van der Waals surface area contributed by atoms with Crippen LogP contribution in [-0.4, -0.2) is 77.4 Å². The Morgan fingerprint density at radius 1 is 0.950 bits per heavy atom. The number of hydrogen-bond donors (Lipinski definition) is 0. The Bertz CT molecular complexity index is 1110. The summed E-state index contributed by atoms with van der Waals surface area (Å²) in [5.41, 5.74) is 2.75. The molecule has 0 bridgehead atoms. The first kappa shape index (κ1) is 28.6. The van der Waals surface area contributed by atoms with Gasteiger partial charge in [-0.25, -0.2) is 0 Å². The number of pyridine rings is 1. The van der Waals surface area contributed by atoms with Gasteiger partial charge in [-0.2, -0.15) is 0 Å². The minimum Gasteiger partial charge on any atom is -0.492 e. The number of amides is 2. The Labute approximate surface area is 239 Å². The lowest BCUT2D eigenvalue weighted by molar-refractivity contribution is -0.135. The SMILES string of the molecule is CC(=O)N1CCC(CC(=O)N2CCC3(CCCCc4ccccc4OCCN(Cc4cccnc4)C3)CC2)CC1. The zero-order valence-corrected chi connectivity index (χ0v) is 24.2. The van der Waals surface area contributed by atoms with E-state index in [0.29, 0.717) is 24.9 Å². The van der Waals surface area contributed by atoms with Crippen LogP contribution in [0, 0.1) is 11.3 Å². The van der Waals surface area contributed by atoms with Gasteiger partial charge in [0.05, 0.1) is 0 Å². The minimum atomic E-state index is 0.150. The number of likely N-dealkylation sites (tertiary alicyclic amines) is 2. The normalized spacial score (nSPS) is 21.1. The molecule has 7 nitrogen and oxygen atoms in total. The summed E-state index contributed by atoms with van der Waals surface area (Å²) < 4.78 is 6.31. The molecule has 216 valence electrons. The van der Waals surface area contributed by atoms with Gasteiger partial charge >= 0.3 is 0 Å². The average molecular weight is 547 g/mol. The second kappa shape index (κ2) is 13.6. The van der Waals surface area contributed by atoms with Crippen LogP contribution in [0.5, 0.6) is 5.75 Å². The first-order chi connectivity index (χ1) is 19.5. The number of aryl methyl sites for hydroxylation is 1. The number of rotatable bonds is 4. The Morgan fingerprint density at radius 2 is 1.75 bits per heavy atom. The van der Waals surface area contributed by atoms with E-state index in [9.17, 15) is 9.59 Å². The van der Waals surface area contributed by atoms with Gasteiger partial charge in [-0.1, -0.05) is 30.7 Å². The average Bonchev–Trinajstić information content (AvgIpc) is 2.96. The van der Waals surface area contributed by atoms with E-state index in [0.717, 1.165) is 90.1 Å². The van der Waals surface area contributed by atoms with E-state index < -0.39 is 0 Å². The number of benzene rings is 1. The molecule has 7 heteroatoms. The molecule has 0 unspecified atom stereocenters. The second-order valence-corrected chi connectivity index (χ2v) is 12.3. The summed E-state index contributed by atoms with van der Waals surface area (Å²) in [6, 6.07) is 12.7. The van der Waals surface area contributed by atoms with Gasteiger partial charge in [0.15, 0.2) is 0 Å². The van der Waals surface area contributed by atoms with Gasteiger partial charge in [0.1, 0.15) is 12.4 Å². The predicted octanol–water partition coefficient (Wildman–Crippen LogP) is 4.95. The van der Waals surface area contributed by atoms with Crippen LogP contribution in [-0.2, 0) is 22.6 Å². The lowest BCUT2D eigenvalue weighted by atomic mass is 9.73. The third-order valence-corrected chi connectivity index (χ3v) is 9.43. The smallest absolute Gasteiger partial charge is 0.222 e.